The van der Waals surface area contributed by atoms with Gasteiger partial charge in [-0.25, -0.2) is 0 Å². The number of hydrogen-bond acceptors (Lipinski definition) is 17. The van der Waals surface area contributed by atoms with Gasteiger partial charge in [-0.2, -0.15) is 9.59 Å². The van der Waals surface area contributed by atoms with E-state index in [-0.39, 0.29) is 61.5 Å². The summed E-state index contributed by atoms with van der Waals surface area (Å²) in [7, 11) is 2.77. The molecule has 0 radical (unpaired) electrons. The number of rotatable bonds is 11. The van der Waals surface area contributed by atoms with Crippen LogP contribution in [0.15, 0.2) is 84.4 Å². The molecule has 5 fully saturated rings. The maximum atomic E-state index is 11.3. The molecule has 17 nitrogen and oxygen atoms in total. The standard InChI is InChI=1S/2C13H9BrCl2O4S.C8H13NO.C7H13N3.C4H9N.C3H7N.CO2/c2*1-19-11-3-2-8(6-12(11)21(17)18)20-13-9(15)4-7(14)5-10(13)16;9-8(3-4-8)7(10)5-6-1-2-6;1-3-8-7-9-4-2-6-10(7)5-1;1-4(5)2-3-4;4-3-1-2-3;2-1-3/h2*2-6H,1H3,(H,17,18);6H,1-5,9H2;1-6H2,(H,8,9);2-3,5H2,1H3;3H,1-2,4H2;/p-2. The van der Waals surface area contributed by atoms with Crippen molar-refractivity contribution in [1.82, 2.24) is 10.2 Å². The maximum Gasteiger partial charge on any atom is 0.373 e. The van der Waals surface area contributed by atoms with E-state index in [1.165, 1.54) is 103 Å². The monoisotopic (exact) mass is 1270 g/mol. The van der Waals surface area contributed by atoms with E-state index in [0.717, 1.165) is 38.3 Å². The van der Waals surface area contributed by atoms with E-state index in [1.807, 2.05) is 0 Å². The summed E-state index contributed by atoms with van der Waals surface area (Å²) in [6.07, 6.45) is 12.8. The zero-order chi connectivity index (χ0) is 54.8. The lowest BCUT2D eigenvalue weighted by atomic mass is 10.1. The van der Waals surface area contributed by atoms with Gasteiger partial charge in [0.1, 0.15) is 23.0 Å². The Morgan fingerprint density at radius 2 is 1.18 bits per heavy atom. The predicted octanol–water partition coefficient (Wildman–Crippen LogP) is 10.5. The molecule has 1 saturated heterocycles. The summed E-state index contributed by atoms with van der Waals surface area (Å²) in [4.78, 5) is 34.2. The fourth-order valence-corrected chi connectivity index (χ4v) is 9.82. The number of methoxy groups -OCH3 is 2. The minimum Gasteiger partial charge on any atom is -0.768 e. The van der Waals surface area contributed by atoms with Crippen LogP contribution in [0, 0.1) is 5.92 Å². The first-order chi connectivity index (χ1) is 35.0. The van der Waals surface area contributed by atoms with Gasteiger partial charge in [0.05, 0.1) is 49.6 Å². The van der Waals surface area contributed by atoms with Crippen molar-refractivity contribution in [2.24, 2.45) is 28.1 Å². The van der Waals surface area contributed by atoms with Crippen LogP contribution in [0.25, 0.3) is 0 Å². The molecule has 4 saturated carbocycles. The minimum atomic E-state index is -2.45. The molecule has 0 spiro atoms. The molecule has 0 amide bonds. The molecule has 0 bridgehead atoms. The Balaban J connectivity index is 0.000000205. The number of fused-ring (bicyclic) bond motifs is 1. The van der Waals surface area contributed by atoms with Crippen LogP contribution in [0.4, 0.5) is 0 Å². The number of nitrogens with two attached hydrogens (primary N) is 3. The number of carbonyl (C=O) groups is 1. The fourth-order valence-electron chi connectivity index (χ4n) is 6.19. The molecule has 0 aromatic heterocycles. The molecule has 4 aromatic carbocycles. The van der Waals surface area contributed by atoms with E-state index in [4.69, 9.17) is 92.1 Å². The number of ketones is 1. The molecule has 2 aliphatic heterocycles. The second-order valence-electron chi connectivity index (χ2n) is 17.8. The van der Waals surface area contributed by atoms with Crippen LogP contribution in [0.1, 0.15) is 77.6 Å². The van der Waals surface area contributed by atoms with Gasteiger partial charge in [-0.1, -0.05) is 78.3 Å². The fraction of sp³-hybridized carbons (Fsp3) is 0.449. The third-order valence-corrected chi connectivity index (χ3v) is 14.6. The highest BCUT2D eigenvalue weighted by Gasteiger charge is 2.46. The van der Waals surface area contributed by atoms with Gasteiger partial charge in [0.2, 0.25) is 0 Å². The predicted molar refractivity (Wildman–Crippen MR) is 292 cm³/mol. The summed E-state index contributed by atoms with van der Waals surface area (Å²) >= 11 is 25.9. The van der Waals surface area contributed by atoms with Gasteiger partial charge >= 0.3 is 6.15 Å². The Morgan fingerprint density at radius 1 is 0.770 bits per heavy atom. The van der Waals surface area contributed by atoms with Crippen molar-refractivity contribution in [3.05, 3.63) is 89.7 Å². The minimum absolute atomic E-state index is 0.0145. The SMILES string of the molecule is C1CN=C2NCCCN2C1.CC1(N)CC1.COc1ccc(Oc2c(Cl)cc(Br)cc2Cl)cc1S(=O)[O-].COc1ccc(Oc2c(Cl)cc(Br)cc2Cl)cc1S(=O)[O-].NC1(C(=O)CC2CC2)CC1.NC1CC1.O=C=O. The van der Waals surface area contributed by atoms with Gasteiger partial charge in [0.15, 0.2) is 23.2 Å². The van der Waals surface area contributed by atoms with Crippen LogP contribution in [-0.4, -0.2) is 97.8 Å². The van der Waals surface area contributed by atoms with E-state index < -0.39 is 22.2 Å². The Labute approximate surface area is 473 Å². The van der Waals surface area contributed by atoms with Crippen LogP contribution in [0.2, 0.25) is 20.1 Å². The smallest absolute Gasteiger partial charge is 0.373 e. The van der Waals surface area contributed by atoms with Crippen molar-refractivity contribution < 1.29 is 50.9 Å². The first kappa shape index (κ1) is 63.2. The summed E-state index contributed by atoms with van der Waals surface area (Å²) in [5, 5.41) is 4.50. The Kier molecular flexibility index (Phi) is 26.1. The molecule has 7 N–H and O–H groups in total. The molecule has 4 aliphatic carbocycles. The van der Waals surface area contributed by atoms with Crippen molar-refractivity contribution in [3.8, 4) is 34.5 Å². The number of nitrogens with zero attached hydrogens (tertiary/aromatic N) is 2. The molecule has 25 heteroatoms. The molecule has 2 atom stereocenters. The van der Waals surface area contributed by atoms with E-state index in [9.17, 15) is 22.3 Å². The van der Waals surface area contributed by atoms with Crippen molar-refractivity contribution in [2.75, 3.05) is 40.4 Å². The number of aliphatic imine (C=N–C) groups is 1. The molecule has 2 unspecified atom stereocenters. The van der Waals surface area contributed by atoms with E-state index in [0.29, 0.717) is 46.8 Å². The molecule has 6 aliphatic rings. The number of carbonyl (C=O) groups excluding carboxylic acids is 3. The third-order valence-electron chi connectivity index (χ3n) is 11.2. The maximum absolute atomic E-state index is 11.3. The molecule has 74 heavy (non-hydrogen) atoms. The zero-order valence-corrected chi connectivity index (χ0v) is 48.6. The van der Waals surface area contributed by atoms with E-state index >= 15 is 0 Å². The van der Waals surface area contributed by atoms with Gasteiger partial charge in [-0.3, -0.25) is 18.2 Å². The highest BCUT2D eigenvalue weighted by atomic mass is 79.9. The van der Waals surface area contributed by atoms with E-state index in [2.05, 4.69) is 54.0 Å². The van der Waals surface area contributed by atoms with Crippen LogP contribution in [0.3, 0.4) is 0 Å². The highest BCUT2D eigenvalue weighted by molar-refractivity contribution is 9.10. The molecule has 10 rings (SSSR count). The summed E-state index contributed by atoms with van der Waals surface area (Å²) in [5.74, 6) is 3.65. The normalized spacial score (nSPS) is 17.5. The molecular weight excluding hydrogens is 1210 g/mol. The highest BCUT2D eigenvalue weighted by Crippen LogP contribution is 2.42. The summed E-state index contributed by atoms with van der Waals surface area (Å²) in [6.45, 7) is 6.60. The van der Waals surface area contributed by atoms with Crippen molar-refractivity contribution in [2.45, 2.75) is 104 Å². The quantitative estimate of drug-likeness (QED) is 0.102. The van der Waals surface area contributed by atoms with Crippen molar-refractivity contribution in [3.63, 3.8) is 0 Å². The van der Waals surface area contributed by atoms with Gasteiger partial charge in [-0.05, 0) is 160 Å². The summed E-state index contributed by atoms with van der Waals surface area (Å²) in [6, 6.07) is 15.8. The summed E-state index contributed by atoms with van der Waals surface area (Å²) in [5.41, 5.74) is 16.3. The third kappa shape index (κ3) is 22.3. The number of hydrogen-bond donors (Lipinski definition) is 4. The first-order valence-corrected chi connectivity index (χ1v) is 28.4. The van der Waals surface area contributed by atoms with Gasteiger partial charge in [-0.15, -0.1) is 0 Å². The average Bonchev–Trinajstić information content (AvgIpc) is 4.13. The Hall–Kier alpha value is -3.38. The van der Waals surface area contributed by atoms with Gasteiger partial charge < -0.3 is 55.5 Å². The van der Waals surface area contributed by atoms with Crippen LogP contribution in [0.5, 0.6) is 34.5 Å². The van der Waals surface area contributed by atoms with Gasteiger partial charge in [0.25, 0.3) is 0 Å². The lowest BCUT2D eigenvalue weighted by Crippen LogP contribution is -2.49. The molecule has 4 aromatic rings. The average molecular weight is 1270 g/mol. The van der Waals surface area contributed by atoms with Crippen LogP contribution >= 0.6 is 78.3 Å². The second-order valence-corrected chi connectivity index (χ2v) is 23.1. The number of guanidine groups is 1. The number of benzene rings is 4. The lowest BCUT2D eigenvalue weighted by Gasteiger charge is -2.33. The molecular formula is C49H58Br2Cl4N6O11S2-2. The number of halogens is 6. The Morgan fingerprint density at radius 3 is 1.50 bits per heavy atom. The number of Topliss-reactive ketones (excluding diaryl/α,β-unsaturated/α-hetero) is 1. The lowest BCUT2D eigenvalue weighted by molar-refractivity contribution is -0.191. The van der Waals surface area contributed by atoms with Crippen molar-refractivity contribution in [1.29, 1.82) is 0 Å². The zero-order valence-electron chi connectivity index (χ0n) is 40.7. The second kappa shape index (κ2) is 30.5. The van der Waals surface area contributed by atoms with Crippen molar-refractivity contribution >= 4 is 118 Å². The summed E-state index contributed by atoms with van der Waals surface area (Å²) < 4.78 is 67.2. The van der Waals surface area contributed by atoms with Crippen LogP contribution in [-0.2, 0) is 36.5 Å². The molecule has 2 heterocycles. The topological polar surface area (TPSA) is 274 Å². The number of nitrogens with one attached hydrogen (secondary N) is 1. The Bertz CT molecular complexity index is 2490. The van der Waals surface area contributed by atoms with Gasteiger partial charge in [0, 0.05) is 53.1 Å². The largest absolute Gasteiger partial charge is 0.768 e. The number of ether oxygens (including phenoxy) is 4. The van der Waals surface area contributed by atoms with Crippen LogP contribution < -0.4 is 41.5 Å². The van der Waals surface area contributed by atoms with E-state index in [1.54, 1.807) is 36.4 Å². The molecule has 406 valence electrons. The first-order valence-electron chi connectivity index (χ1n) is 23.1.